The van der Waals surface area contributed by atoms with E-state index in [4.69, 9.17) is 0 Å². The van der Waals surface area contributed by atoms with Crippen LogP contribution < -0.4 is 0 Å². The van der Waals surface area contributed by atoms with E-state index in [1.807, 2.05) is 6.92 Å². The van der Waals surface area contributed by atoms with Gasteiger partial charge in [-0.25, -0.2) is 0 Å². The molecule has 1 unspecified atom stereocenters. The van der Waals surface area contributed by atoms with Crippen molar-refractivity contribution < 1.29 is 18.3 Å². The van der Waals surface area contributed by atoms with Gasteiger partial charge in [0.2, 0.25) is 0 Å². The molecule has 1 N–H and O–H groups in total. The lowest BCUT2D eigenvalue weighted by Crippen LogP contribution is -2.17. The summed E-state index contributed by atoms with van der Waals surface area (Å²) < 4.78 is 37.6. The Hall–Kier alpha value is -1.04. The molecule has 1 aromatic heterocycles. The molecule has 0 spiro atoms. The fourth-order valence-corrected chi connectivity index (χ4v) is 1.25. The van der Waals surface area contributed by atoms with Crippen molar-refractivity contribution in [2.24, 2.45) is 0 Å². The number of nitrogens with zero attached hydrogens (tertiary/aromatic N) is 2. The smallest absolute Gasteiger partial charge is 0.391 e. The summed E-state index contributed by atoms with van der Waals surface area (Å²) in [5.74, 6) is 0. The Bertz CT molecular complexity index is 309. The van der Waals surface area contributed by atoms with Crippen LogP contribution in [0.4, 0.5) is 13.2 Å². The van der Waals surface area contributed by atoms with E-state index in [1.54, 1.807) is 0 Å². The van der Waals surface area contributed by atoms with Crippen LogP contribution in [-0.2, 0) is 12.7 Å². The van der Waals surface area contributed by atoms with E-state index in [-0.39, 0.29) is 6.54 Å². The first kappa shape index (κ1) is 12.0. The molecule has 15 heavy (non-hydrogen) atoms. The van der Waals surface area contributed by atoms with Gasteiger partial charge in [0.15, 0.2) is 5.69 Å². The second kappa shape index (κ2) is 4.65. The predicted octanol–water partition coefficient (Wildman–Crippen LogP) is 2.06. The van der Waals surface area contributed by atoms with Gasteiger partial charge in [0.25, 0.3) is 0 Å². The maximum Gasteiger partial charge on any atom is 0.435 e. The maximum absolute atomic E-state index is 12.1. The van der Waals surface area contributed by atoms with E-state index in [0.29, 0.717) is 6.42 Å². The summed E-state index contributed by atoms with van der Waals surface area (Å²) in [6, 6.07) is 0.901. The van der Waals surface area contributed by atoms with Crippen LogP contribution in [0.25, 0.3) is 0 Å². The molecule has 6 heteroatoms. The summed E-state index contributed by atoms with van der Waals surface area (Å²) in [7, 11) is 0. The monoisotopic (exact) mass is 222 g/mol. The van der Waals surface area contributed by atoms with E-state index in [0.717, 1.165) is 17.2 Å². The minimum Gasteiger partial charge on any atom is -0.391 e. The Kier molecular flexibility index (Phi) is 3.73. The number of aliphatic hydroxyl groups is 1. The normalized spacial score (nSPS) is 14.2. The Morgan fingerprint density at radius 1 is 1.53 bits per heavy atom. The lowest BCUT2D eigenvalue weighted by molar-refractivity contribution is -0.141. The number of hydrogen-bond donors (Lipinski definition) is 1. The van der Waals surface area contributed by atoms with Gasteiger partial charge in [-0.3, -0.25) is 4.68 Å². The minimum atomic E-state index is -4.42. The summed E-state index contributed by atoms with van der Waals surface area (Å²) in [6.45, 7) is 2.00. The average Bonchev–Trinajstić information content (AvgIpc) is 2.52. The third kappa shape index (κ3) is 3.54. The minimum absolute atomic E-state index is 0.101. The molecule has 1 rings (SSSR count). The van der Waals surface area contributed by atoms with Gasteiger partial charge >= 0.3 is 6.18 Å². The van der Waals surface area contributed by atoms with E-state index >= 15 is 0 Å². The van der Waals surface area contributed by atoms with Gasteiger partial charge in [-0.1, -0.05) is 13.3 Å². The molecule has 1 aromatic rings. The van der Waals surface area contributed by atoms with Gasteiger partial charge in [0.1, 0.15) is 0 Å². The van der Waals surface area contributed by atoms with Crippen LogP contribution in [0.15, 0.2) is 12.3 Å². The van der Waals surface area contributed by atoms with E-state index < -0.39 is 18.0 Å². The van der Waals surface area contributed by atoms with Crippen LogP contribution >= 0.6 is 0 Å². The van der Waals surface area contributed by atoms with Crippen LogP contribution in [-0.4, -0.2) is 21.0 Å². The first-order valence-electron chi connectivity index (χ1n) is 4.72. The van der Waals surface area contributed by atoms with Crippen molar-refractivity contribution >= 4 is 0 Å². The topological polar surface area (TPSA) is 38.0 Å². The van der Waals surface area contributed by atoms with E-state index in [1.165, 1.54) is 6.20 Å². The molecule has 0 bridgehead atoms. The molecule has 1 heterocycles. The van der Waals surface area contributed by atoms with Gasteiger partial charge in [0, 0.05) is 6.20 Å². The number of halogens is 3. The summed E-state index contributed by atoms with van der Waals surface area (Å²) in [6.07, 6.45) is -2.49. The van der Waals surface area contributed by atoms with Crippen molar-refractivity contribution in [3.8, 4) is 0 Å². The summed E-state index contributed by atoms with van der Waals surface area (Å²) in [4.78, 5) is 0. The number of rotatable bonds is 4. The zero-order valence-electron chi connectivity index (χ0n) is 8.33. The molecule has 0 aromatic carbocycles. The van der Waals surface area contributed by atoms with Crippen LogP contribution in [0.5, 0.6) is 0 Å². The summed E-state index contributed by atoms with van der Waals surface area (Å²) in [5, 5.41) is 12.7. The van der Waals surface area contributed by atoms with Crippen LogP contribution in [0.1, 0.15) is 25.5 Å². The fourth-order valence-electron chi connectivity index (χ4n) is 1.25. The fraction of sp³-hybridized carbons (Fsp3) is 0.667. The molecule has 0 aliphatic carbocycles. The van der Waals surface area contributed by atoms with Crippen molar-refractivity contribution in [1.29, 1.82) is 0 Å². The molecule has 0 fully saturated rings. The van der Waals surface area contributed by atoms with Crippen molar-refractivity contribution in [2.75, 3.05) is 0 Å². The van der Waals surface area contributed by atoms with Gasteiger partial charge in [-0.2, -0.15) is 18.3 Å². The number of aliphatic hydroxyl groups excluding tert-OH is 1. The molecule has 3 nitrogen and oxygen atoms in total. The highest BCUT2D eigenvalue weighted by Crippen LogP contribution is 2.27. The van der Waals surface area contributed by atoms with E-state index in [2.05, 4.69) is 5.10 Å². The molecule has 0 aliphatic rings. The largest absolute Gasteiger partial charge is 0.435 e. The Morgan fingerprint density at radius 2 is 2.20 bits per heavy atom. The summed E-state index contributed by atoms with van der Waals surface area (Å²) in [5.41, 5.74) is -0.925. The number of aromatic nitrogens is 2. The maximum atomic E-state index is 12.1. The Balaban J connectivity index is 2.61. The standard InChI is InChI=1S/C9H13F3N2O/c1-2-3-7(15)6-14-5-4-8(13-14)9(10,11)12/h4-5,7,15H,2-3,6H2,1H3. The SMILES string of the molecule is CCCC(O)Cn1ccc(C(F)(F)F)n1. The van der Waals surface area contributed by atoms with Gasteiger partial charge in [0.05, 0.1) is 12.6 Å². The van der Waals surface area contributed by atoms with Gasteiger partial charge < -0.3 is 5.11 Å². The quantitative estimate of drug-likeness (QED) is 0.846. The lowest BCUT2D eigenvalue weighted by atomic mass is 10.2. The molecule has 0 saturated heterocycles. The molecule has 0 saturated carbocycles. The van der Waals surface area contributed by atoms with Crippen LogP contribution in [0.3, 0.4) is 0 Å². The molecular formula is C9H13F3N2O. The first-order valence-corrected chi connectivity index (χ1v) is 4.72. The highest BCUT2D eigenvalue weighted by molar-refractivity contribution is 5.03. The van der Waals surface area contributed by atoms with Crippen LogP contribution in [0, 0.1) is 0 Å². The number of hydrogen-bond acceptors (Lipinski definition) is 2. The van der Waals surface area contributed by atoms with Crippen molar-refractivity contribution in [3.05, 3.63) is 18.0 Å². The molecular weight excluding hydrogens is 209 g/mol. The van der Waals surface area contributed by atoms with Gasteiger partial charge in [-0.05, 0) is 12.5 Å². The lowest BCUT2D eigenvalue weighted by Gasteiger charge is -2.08. The molecule has 0 aliphatic heterocycles. The molecule has 1 atom stereocenters. The molecule has 86 valence electrons. The second-order valence-electron chi connectivity index (χ2n) is 3.36. The van der Waals surface area contributed by atoms with E-state index in [9.17, 15) is 18.3 Å². The third-order valence-electron chi connectivity index (χ3n) is 1.95. The predicted molar refractivity (Wildman–Crippen MR) is 48.1 cm³/mol. The Labute approximate surface area is 85.5 Å². The van der Waals surface area contributed by atoms with Crippen LogP contribution in [0.2, 0.25) is 0 Å². The molecule has 0 amide bonds. The second-order valence-corrected chi connectivity index (χ2v) is 3.36. The zero-order valence-corrected chi connectivity index (χ0v) is 8.33. The Morgan fingerprint density at radius 3 is 2.67 bits per heavy atom. The highest BCUT2D eigenvalue weighted by Gasteiger charge is 2.33. The summed E-state index contributed by atoms with van der Waals surface area (Å²) >= 11 is 0. The number of alkyl halides is 3. The molecule has 0 radical (unpaired) electrons. The first-order chi connectivity index (χ1) is 6.93. The van der Waals surface area contributed by atoms with Crippen molar-refractivity contribution in [2.45, 2.75) is 38.6 Å². The van der Waals surface area contributed by atoms with Gasteiger partial charge in [-0.15, -0.1) is 0 Å². The average molecular weight is 222 g/mol. The highest BCUT2D eigenvalue weighted by atomic mass is 19.4. The van der Waals surface area contributed by atoms with Crippen molar-refractivity contribution in [3.63, 3.8) is 0 Å². The third-order valence-corrected chi connectivity index (χ3v) is 1.95. The zero-order chi connectivity index (χ0) is 11.5. The van der Waals surface area contributed by atoms with Crippen molar-refractivity contribution in [1.82, 2.24) is 9.78 Å².